The first kappa shape index (κ1) is 12.1. The van der Waals surface area contributed by atoms with E-state index in [9.17, 15) is 4.79 Å². The molecule has 0 aromatic heterocycles. The smallest absolute Gasteiger partial charge is 0.228 e. The maximum absolute atomic E-state index is 12.3. The van der Waals surface area contributed by atoms with Crippen LogP contribution in [-0.4, -0.2) is 30.8 Å². The molecule has 96 valence electrons. The normalized spacial score (nSPS) is 26.7. The molecular weight excluding hydrogens is 244 g/mol. The van der Waals surface area contributed by atoms with Crippen molar-refractivity contribution in [1.29, 1.82) is 0 Å². The van der Waals surface area contributed by atoms with E-state index in [2.05, 4.69) is 22.8 Å². The molecule has 2 aliphatic heterocycles. The number of hydrogen-bond donors (Lipinski definition) is 2. The lowest BCUT2D eigenvalue weighted by molar-refractivity contribution is -0.122. The molecule has 1 fully saturated rings. The second-order valence-electron chi connectivity index (χ2n) is 4.95. The summed E-state index contributed by atoms with van der Waals surface area (Å²) in [4.78, 5) is 13.6. The number of benzene rings is 1. The minimum Gasteiger partial charge on any atom is -0.352 e. The molecule has 3 rings (SSSR count). The van der Waals surface area contributed by atoms with Gasteiger partial charge in [0.05, 0.1) is 5.92 Å². The molecule has 1 aromatic rings. The molecule has 1 saturated heterocycles. The highest BCUT2D eigenvalue weighted by Crippen LogP contribution is 2.39. The highest BCUT2D eigenvalue weighted by atomic mass is 32.2. The van der Waals surface area contributed by atoms with E-state index in [1.165, 1.54) is 10.5 Å². The van der Waals surface area contributed by atoms with E-state index in [1.54, 1.807) is 11.8 Å². The number of piperidine rings is 1. The van der Waals surface area contributed by atoms with Crippen LogP contribution >= 0.6 is 11.8 Å². The summed E-state index contributed by atoms with van der Waals surface area (Å²) in [6.07, 6.45) is 2.25. The number of nitrogens with one attached hydrogen (secondary N) is 2. The summed E-state index contributed by atoms with van der Waals surface area (Å²) in [6.45, 7) is 1.99. The van der Waals surface area contributed by atoms with Gasteiger partial charge in [-0.25, -0.2) is 0 Å². The topological polar surface area (TPSA) is 41.1 Å². The Morgan fingerprint density at radius 3 is 3.11 bits per heavy atom. The zero-order valence-electron chi connectivity index (χ0n) is 10.3. The van der Waals surface area contributed by atoms with Gasteiger partial charge in [0, 0.05) is 23.2 Å². The number of carbonyl (C=O) groups excluding carboxylic acids is 1. The van der Waals surface area contributed by atoms with Gasteiger partial charge in [0.25, 0.3) is 0 Å². The molecular formula is C14H18N2OS. The fourth-order valence-electron chi connectivity index (χ4n) is 2.66. The van der Waals surface area contributed by atoms with E-state index in [4.69, 9.17) is 0 Å². The number of fused-ring (bicyclic) bond motifs is 1. The second-order valence-corrected chi connectivity index (χ2v) is 6.02. The van der Waals surface area contributed by atoms with Crippen molar-refractivity contribution in [2.75, 3.05) is 18.8 Å². The Morgan fingerprint density at radius 2 is 2.28 bits per heavy atom. The third-order valence-corrected chi connectivity index (χ3v) is 4.84. The van der Waals surface area contributed by atoms with E-state index in [0.717, 1.165) is 31.7 Å². The predicted molar refractivity (Wildman–Crippen MR) is 73.9 cm³/mol. The summed E-state index contributed by atoms with van der Waals surface area (Å²) in [5.74, 6) is 1.11. The lowest BCUT2D eigenvalue weighted by Crippen LogP contribution is -2.47. The van der Waals surface area contributed by atoms with Crippen LogP contribution < -0.4 is 10.6 Å². The average Bonchev–Trinajstić information content (AvgIpc) is 2.84. The van der Waals surface area contributed by atoms with Gasteiger partial charge in [-0.1, -0.05) is 18.2 Å². The highest BCUT2D eigenvalue weighted by Gasteiger charge is 2.30. The number of thioether (sulfide) groups is 1. The van der Waals surface area contributed by atoms with Crippen LogP contribution in [0.25, 0.3) is 0 Å². The molecule has 1 amide bonds. The molecule has 1 aromatic carbocycles. The molecule has 4 heteroatoms. The van der Waals surface area contributed by atoms with Crippen molar-refractivity contribution in [3.63, 3.8) is 0 Å². The minimum atomic E-state index is 0.0353. The SMILES string of the molecule is O=C(NC1CCCNC1)C1CSc2ccccc21. The molecule has 2 unspecified atom stereocenters. The molecule has 2 N–H and O–H groups in total. The highest BCUT2D eigenvalue weighted by molar-refractivity contribution is 7.99. The Hall–Kier alpha value is -1.00. The Kier molecular flexibility index (Phi) is 3.57. The molecule has 18 heavy (non-hydrogen) atoms. The Morgan fingerprint density at radius 1 is 1.39 bits per heavy atom. The molecule has 2 heterocycles. The van der Waals surface area contributed by atoms with Gasteiger partial charge >= 0.3 is 0 Å². The summed E-state index contributed by atoms with van der Waals surface area (Å²) in [7, 11) is 0. The maximum Gasteiger partial charge on any atom is 0.228 e. The van der Waals surface area contributed by atoms with Crippen LogP contribution in [0.5, 0.6) is 0 Å². The molecule has 2 aliphatic rings. The van der Waals surface area contributed by atoms with E-state index in [0.29, 0.717) is 6.04 Å². The first-order valence-corrected chi connectivity index (χ1v) is 7.56. The van der Waals surface area contributed by atoms with E-state index < -0.39 is 0 Å². The van der Waals surface area contributed by atoms with Crippen LogP contribution in [0.15, 0.2) is 29.2 Å². The van der Waals surface area contributed by atoms with Crippen LogP contribution in [0.1, 0.15) is 24.3 Å². The molecule has 0 spiro atoms. The summed E-state index contributed by atoms with van der Waals surface area (Å²) in [5, 5.41) is 6.52. The van der Waals surface area contributed by atoms with Gasteiger partial charge in [-0.2, -0.15) is 0 Å². The van der Waals surface area contributed by atoms with Gasteiger partial charge in [0.2, 0.25) is 5.91 Å². The number of carbonyl (C=O) groups is 1. The minimum absolute atomic E-state index is 0.0353. The molecule has 0 aliphatic carbocycles. The monoisotopic (exact) mass is 262 g/mol. The van der Waals surface area contributed by atoms with Gasteiger partial charge in [0.15, 0.2) is 0 Å². The van der Waals surface area contributed by atoms with E-state index in [-0.39, 0.29) is 11.8 Å². The van der Waals surface area contributed by atoms with Gasteiger partial charge in [-0.05, 0) is 31.0 Å². The molecule has 0 saturated carbocycles. The van der Waals surface area contributed by atoms with Gasteiger partial charge in [-0.3, -0.25) is 4.79 Å². The standard InChI is InChI=1S/C14H18N2OS/c17-14(16-10-4-3-7-15-8-10)12-9-18-13-6-2-1-5-11(12)13/h1-2,5-6,10,12,15H,3-4,7-9H2,(H,16,17). The van der Waals surface area contributed by atoms with Crippen LogP contribution in [0.2, 0.25) is 0 Å². The fraction of sp³-hybridized carbons (Fsp3) is 0.500. The van der Waals surface area contributed by atoms with Gasteiger partial charge < -0.3 is 10.6 Å². The van der Waals surface area contributed by atoms with Crippen molar-refractivity contribution >= 4 is 17.7 Å². The van der Waals surface area contributed by atoms with Crippen molar-refractivity contribution in [3.05, 3.63) is 29.8 Å². The second kappa shape index (κ2) is 5.33. The summed E-state index contributed by atoms with van der Waals surface area (Å²) in [5.41, 5.74) is 1.20. The molecule has 0 bridgehead atoms. The number of amides is 1. The van der Waals surface area contributed by atoms with Crippen molar-refractivity contribution in [2.45, 2.75) is 29.7 Å². The molecule has 0 radical (unpaired) electrons. The van der Waals surface area contributed by atoms with Crippen molar-refractivity contribution < 1.29 is 4.79 Å². The summed E-state index contributed by atoms with van der Waals surface area (Å²) in [6, 6.07) is 8.56. The lowest BCUT2D eigenvalue weighted by Gasteiger charge is -2.25. The summed E-state index contributed by atoms with van der Waals surface area (Å²) < 4.78 is 0. The lowest BCUT2D eigenvalue weighted by atomic mass is 9.99. The number of rotatable bonds is 2. The number of hydrogen-bond acceptors (Lipinski definition) is 3. The first-order valence-electron chi connectivity index (χ1n) is 6.57. The average molecular weight is 262 g/mol. The van der Waals surface area contributed by atoms with Crippen LogP contribution in [0.4, 0.5) is 0 Å². The van der Waals surface area contributed by atoms with Crippen LogP contribution in [0.3, 0.4) is 0 Å². The largest absolute Gasteiger partial charge is 0.352 e. The fourth-order valence-corrected chi connectivity index (χ4v) is 3.89. The maximum atomic E-state index is 12.3. The molecule has 2 atom stereocenters. The molecule has 3 nitrogen and oxygen atoms in total. The first-order chi connectivity index (χ1) is 8.84. The Labute approximate surface area is 112 Å². The third kappa shape index (κ3) is 2.40. The van der Waals surface area contributed by atoms with Crippen LogP contribution in [0, 0.1) is 0 Å². The van der Waals surface area contributed by atoms with Gasteiger partial charge in [0.1, 0.15) is 0 Å². The van der Waals surface area contributed by atoms with Crippen molar-refractivity contribution in [2.24, 2.45) is 0 Å². The zero-order valence-corrected chi connectivity index (χ0v) is 11.1. The third-order valence-electron chi connectivity index (χ3n) is 3.66. The van der Waals surface area contributed by atoms with Crippen molar-refractivity contribution in [1.82, 2.24) is 10.6 Å². The van der Waals surface area contributed by atoms with E-state index >= 15 is 0 Å². The van der Waals surface area contributed by atoms with E-state index in [1.807, 2.05) is 12.1 Å². The Bertz CT molecular complexity index is 443. The quantitative estimate of drug-likeness (QED) is 0.853. The zero-order chi connectivity index (χ0) is 12.4. The van der Waals surface area contributed by atoms with Crippen LogP contribution in [-0.2, 0) is 4.79 Å². The Balaban J connectivity index is 1.67. The summed E-state index contributed by atoms with van der Waals surface area (Å²) >= 11 is 1.79. The predicted octanol–water partition coefficient (Wildman–Crippen LogP) is 1.74. The van der Waals surface area contributed by atoms with Crippen molar-refractivity contribution in [3.8, 4) is 0 Å². The van der Waals surface area contributed by atoms with Gasteiger partial charge in [-0.15, -0.1) is 11.8 Å².